The monoisotopic (exact) mass is 381 g/mol. The highest BCUT2D eigenvalue weighted by Crippen LogP contribution is 2.15. The van der Waals surface area contributed by atoms with Gasteiger partial charge in [0.1, 0.15) is 5.75 Å². The van der Waals surface area contributed by atoms with Crippen molar-refractivity contribution in [1.82, 2.24) is 10.6 Å². The molecule has 7 nitrogen and oxygen atoms in total. The van der Waals surface area contributed by atoms with E-state index in [1.165, 1.54) is 6.08 Å². The topological polar surface area (TPSA) is 96.5 Å². The van der Waals surface area contributed by atoms with E-state index in [9.17, 15) is 14.4 Å². The average Bonchev–Trinajstić information content (AvgIpc) is 2.71. The number of amides is 3. The summed E-state index contributed by atoms with van der Waals surface area (Å²) in [6.07, 6.45) is 3.05. The first-order valence-corrected chi connectivity index (χ1v) is 8.87. The van der Waals surface area contributed by atoms with E-state index in [0.717, 1.165) is 5.56 Å². The number of likely N-dealkylation sites (N-methyl/N-ethyl adjacent to an activating group) is 1. The van der Waals surface area contributed by atoms with Crippen molar-refractivity contribution in [2.45, 2.75) is 6.92 Å². The zero-order chi connectivity index (χ0) is 20.2. The van der Waals surface area contributed by atoms with Crippen LogP contribution in [0.3, 0.4) is 0 Å². The summed E-state index contributed by atoms with van der Waals surface area (Å²) in [6.45, 7) is 2.17. The number of hydrogen-bond acceptors (Lipinski definition) is 4. The highest BCUT2D eigenvalue weighted by atomic mass is 16.5. The van der Waals surface area contributed by atoms with Gasteiger partial charge < -0.3 is 20.7 Å². The molecule has 0 saturated heterocycles. The number of benzene rings is 2. The van der Waals surface area contributed by atoms with Crippen LogP contribution in [0, 0.1) is 0 Å². The Hall–Kier alpha value is -3.61. The smallest absolute Gasteiger partial charge is 0.257 e. The third kappa shape index (κ3) is 7.74. The molecule has 0 bridgehead atoms. The standard InChI is InChI=1S/C21H23N3O4/c1-2-22-21(27)15-28-18-11-9-17(10-12-18)24-20(26)14-23-19(25)13-8-16-6-4-3-5-7-16/h3-13H,2,14-15H2,1H3,(H,22,27)(H,23,25)(H,24,26)/b13-8+. The Bertz CT molecular complexity index is 817. The first-order chi connectivity index (χ1) is 13.6. The van der Waals surface area contributed by atoms with E-state index >= 15 is 0 Å². The molecule has 146 valence electrons. The zero-order valence-corrected chi connectivity index (χ0v) is 15.6. The van der Waals surface area contributed by atoms with Crippen molar-refractivity contribution in [1.29, 1.82) is 0 Å². The summed E-state index contributed by atoms with van der Waals surface area (Å²) < 4.78 is 5.33. The minimum Gasteiger partial charge on any atom is -0.484 e. The molecule has 2 aromatic carbocycles. The summed E-state index contributed by atoms with van der Waals surface area (Å²) in [5, 5.41) is 7.83. The fourth-order valence-electron chi connectivity index (χ4n) is 2.20. The summed E-state index contributed by atoms with van der Waals surface area (Å²) in [4.78, 5) is 35.0. The molecular formula is C21H23N3O4. The third-order valence-corrected chi connectivity index (χ3v) is 3.53. The molecule has 0 atom stereocenters. The van der Waals surface area contributed by atoms with Crippen LogP contribution >= 0.6 is 0 Å². The van der Waals surface area contributed by atoms with E-state index in [2.05, 4.69) is 16.0 Å². The Labute approximate surface area is 163 Å². The lowest BCUT2D eigenvalue weighted by atomic mass is 10.2. The molecule has 0 heterocycles. The zero-order valence-electron chi connectivity index (χ0n) is 15.6. The molecule has 0 aliphatic rings. The first kappa shape index (κ1) is 20.7. The second-order valence-corrected chi connectivity index (χ2v) is 5.78. The number of nitrogens with one attached hydrogen (secondary N) is 3. The maximum absolute atomic E-state index is 11.9. The molecule has 28 heavy (non-hydrogen) atoms. The molecule has 0 unspecified atom stereocenters. The van der Waals surface area contributed by atoms with Crippen molar-refractivity contribution in [2.24, 2.45) is 0 Å². The SMILES string of the molecule is CCNC(=O)COc1ccc(NC(=O)CNC(=O)/C=C/c2ccccc2)cc1. The van der Waals surface area contributed by atoms with Gasteiger partial charge in [0, 0.05) is 18.3 Å². The highest BCUT2D eigenvalue weighted by molar-refractivity contribution is 5.98. The summed E-state index contributed by atoms with van der Waals surface area (Å²) in [7, 11) is 0. The lowest BCUT2D eigenvalue weighted by molar-refractivity contribution is -0.123. The summed E-state index contributed by atoms with van der Waals surface area (Å²) in [6, 6.07) is 16.0. The van der Waals surface area contributed by atoms with Gasteiger partial charge in [-0.1, -0.05) is 30.3 Å². The van der Waals surface area contributed by atoms with Crippen LogP contribution in [0.2, 0.25) is 0 Å². The minimum absolute atomic E-state index is 0.0674. The van der Waals surface area contributed by atoms with Crippen LogP contribution in [0.5, 0.6) is 5.75 Å². The highest BCUT2D eigenvalue weighted by Gasteiger charge is 2.05. The minimum atomic E-state index is -0.354. The van der Waals surface area contributed by atoms with Gasteiger partial charge in [-0.2, -0.15) is 0 Å². The molecule has 0 spiro atoms. The van der Waals surface area contributed by atoms with Gasteiger partial charge in [-0.3, -0.25) is 14.4 Å². The Balaban J connectivity index is 1.73. The Morgan fingerprint density at radius 2 is 1.64 bits per heavy atom. The number of carbonyl (C=O) groups excluding carboxylic acids is 3. The second kappa shape index (κ2) is 11.2. The van der Waals surface area contributed by atoms with Crippen LogP contribution in [0.4, 0.5) is 5.69 Å². The molecule has 3 N–H and O–H groups in total. The van der Waals surface area contributed by atoms with Gasteiger partial charge in [-0.15, -0.1) is 0 Å². The molecule has 0 aromatic heterocycles. The second-order valence-electron chi connectivity index (χ2n) is 5.78. The number of hydrogen-bond donors (Lipinski definition) is 3. The molecular weight excluding hydrogens is 358 g/mol. The van der Waals surface area contributed by atoms with Crippen molar-refractivity contribution < 1.29 is 19.1 Å². The fraction of sp³-hybridized carbons (Fsp3) is 0.190. The van der Waals surface area contributed by atoms with Gasteiger partial charge in [0.2, 0.25) is 11.8 Å². The van der Waals surface area contributed by atoms with Gasteiger partial charge in [0.25, 0.3) is 5.91 Å². The van der Waals surface area contributed by atoms with Crippen molar-refractivity contribution in [2.75, 3.05) is 25.0 Å². The van der Waals surface area contributed by atoms with Crippen LogP contribution in [0.15, 0.2) is 60.7 Å². The fourth-order valence-corrected chi connectivity index (χ4v) is 2.20. The first-order valence-electron chi connectivity index (χ1n) is 8.87. The van der Waals surface area contributed by atoms with Crippen LogP contribution in [-0.2, 0) is 14.4 Å². The van der Waals surface area contributed by atoms with Crippen molar-refractivity contribution in [3.05, 3.63) is 66.2 Å². The summed E-state index contributed by atoms with van der Waals surface area (Å²) >= 11 is 0. The van der Waals surface area contributed by atoms with Crippen molar-refractivity contribution in [3.8, 4) is 5.75 Å². The average molecular weight is 381 g/mol. The maximum atomic E-state index is 11.9. The van der Waals surface area contributed by atoms with E-state index in [1.807, 2.05) is 37.3 Å². The number of anilines is 1. The molecule has 2 rings (SSSR count). The summed E-state index contributed by atoms with van der Waals surface area (Å²) in [5.74, 6) is -0.383. The lowest BCUT2D eigenvalue weighted by Crippen LogP contribution is -2.31. The van der Waals surface area contributed by atoms with Crippen molar-refractivity contribution in [3.63, 3.8) is 0 Å². The predicted octanol–water partition coefficient (Wildman–Crippen LogP) is 1.97. The molecule has 0 fully saturated rings. The van der Waals surface area contributed by atoms with Gasteiger partial charge in [0.05, 0.1) is 6.54 Å². The van der Waals surface area contributed by atoms with E-state index in [1.54, 1.807) is 30.3 Å². The van der Waals surface area contributed by atoms with Crippen molar-refractivity contribution >= 4 is 29.5 Å². The van der Waals surface area contributed by atoms with Gasteiger partial charge in [0.15, 0.2) is 6.61 Å². The Morgan fingerprint density at radius 1 is 0.929 bits per heavy atom. The molecule has 0 saturated carbocycles. The quantitative estimate of drug-likeness (QED) is 0.579. The van der Waals surface area contributed by atoms with Crippen LogP contribution in [-0.4, -0.2) is 37.4 Å². The van der Waals surface area contributed by atoms with E-state index in [-0.39, 0.29) is 30.9 Å². The summed E-state index contributed by atoms with van der Waals surface area (Å²) in [5.41, 5.74) is 1.46. The Morgan fingerprint density at radius 3 is 2.32 bits per heavy atom. The predicted molar refractivity (Wildman–Crippen MR) is 108 cm³/mol. The maximum Gasteiger partial charge on any atom is 0.257 e. The Kier molecular flexibility index (Phi) is 8.26. The third-order valence-electron chi connectivity index (χ3n) is 3.53. The molecule has 0 aliphatic heterocycles. The number of carbonyl (C=O) groups is 3. The van der Waals surface area contributed by atoms with Gasteiger partial charge in [-0.25, -0.2) is 0 Å². The van der Waals surface area contributed by atoms with Gasteiger partial charge in [-0.05, 0) is 42.8 Å². The van der Waals surface area contributed by atoms with E-state index in [0.29, 0.717) is 18.0 Å². The number of ether oxygens (including phenoxy) is 1. The van der Waals surface area contributed by atoms with Crippen LogP contribution in [0.25, 0.3) is 6.08 Å². The normalized spacial score (nSPS) is 10.3. The van der Waals surface area contributed by atoms with E-state index in [4.69, 9.17) is 4.74 Å². The van der Waals surface area contributed by atoms with Crippen LogP contribution < -0.4 is 20.7 Å². The van der Waals surface area contributed by atoms with E-state index < -0.39 is 0 Å². The molecule has 2 aromatic rings. The molecule has 3 amide bonds. The van der Waals surface area contributed by atoms with Gasteiger partial charge >= 0.3 is 0 Å². The molecule has 7 heteroatoms. The molecule has 0 aliphatic carbocycles. The number of rotatable bonds is 9. The molecule has 0 radical (unpaired) electrons. The van der Waals surface area contributed by atoms with Crippen LogP contribution in [0.1, 0.15) is 12.5 Å². The largest absolute Gasteiger partial charge is 0.484 e. The lowest BCUT2D eigenvalue weighted by Gasteiger charge is -2.08.